The molecule has 0 radical (unpaired) electrons. The van der Waals surface area contributed by atoms with Crippen LogP contribution in [0.5, 0.6) is 0 Å². The van der Waals surface area contributed by atoms with E-state index in [1.807, 2.05) is 0 Å². The summed E-state index contributed by atoms with van der Waals surface area (Å²) in [4.78, 5) is 38.1. The number of esters is 3. The van der Waals surface area contributed by atoms with Crippen molar-refractivity contribution in [2.24, 2.45) is 0 Å². The van der Waals surface area contributed by atoms with E-state index < -0.39 is 6.10 Å². The third kappa shape index (κ3) is 50.6. The van der Waals surface area contributed by atoms with Crippen molar-refractivity contribution in [3.8, 4) is 0 Å². The Labute approximate surface area is 397 Å². The predicted octanol–water partition coefficient (Wildman–Crippen LogP) is 18.5. The molecule has 0 N–H and O–H groups in total. The molecule has 0 aliphatic heterocycles. The Kier molecular flexibility index (Phi) is 51.3. The smallest absolute Gasteiger partial charge is 0.306 e. The molecule has 6 heteroatoms. The largest absolute Gasteiger partial charge is 0.462 e. The Morgan fingerprint density at radius 2 is 0.562 bits per heavy atom. The number of rotatable bonds is 51. The molecular weight excluding hydrogens is 793 g/mol. The fourth-order valence-electron chi connectivity index (χ4n) is 8.14. The Balaban J connectivity index is 4.40. The molecular formula is C58H106O6. The number of unbranched alkanes of at least 4 members (excludes halogenated alkanes) is 35. The molecule has 0 rings (SSSR count). The lowest BCUT2D eigenvalue weighted by Crippen LogP contribution is -2.30. The van der Waals surface area contributed by atoms with Crippen LogP contribution in [0.15, 0.2) is 36.5 Å². The van der Waals surface area contributed by atoms with Crippen LogP contribution in [0.2, 0.25) is 0 Å². The summed E-state index contributed by atoms with van der Waals surface area (Å²) in [5.74, 6) is -0.902. The molecule has 0 fully saturated rings. The summed E-state index contributed by atoms with van der Waals surface area (Å²) in [6, 6.07) is 0. The van der Waals surface area contributed by atoms with Crippen LogP contribution in [-0.4, -0.2) is 37.2 Å². The summed E-state index contributed by atoms with van der Waals surface area (Å²) >= 11 is 0. The molecule has 0 bridgehead atoms. The Bertz CT molecular complexity index is 1080. The van der Waals surface area contributed by atoms with Gasteiger partial charge < -0.3 is 14.2 Å². The highest BCUT2D eigenvalue weighted by atomic mass is 16.6. The maximum atomic E-state index is 12.8. The Morgan fingerprint density at radius 1 is 0.312 bits per heavy atom. The second-order valence-corrected chi connectivity index (χ2v) is 18.9. The summed E-state index contributed by atoms with van der Waals surface area (Å²) in [6.07, 6.45) is 62.7. The van der Waals surface area contributed by atoms with E-state index in [1.165, 1.54) is 173 Å². The normalized spacial score (nSPS) is 12.2. The number of hydrogen-bond acceptors (Lipinski definition) is 6. The first kappa shape index (κ1) is 61.6. The van der Waals surface area contributed by atoms with Crippen molar-refractivity contribution in [3.05, 3.63) is 36.5 Å². The number of allylic oxidation sites excluding steroid dienone is 6. The van der Waals surface area contributed by atoms with Gasteiger partial charge in [0.15, 0.2) is 6.10 Å². The van der Waals surface area contributed by atoms with Crippen LogP contribution >= 0.6 is 0 Å². The molecule has 0 saturated carbocycles. The monoisotopic (exact) mass is 899 g/mol. The molecule has 0 aromatic carbocycles. The van der Waals surface area contributed by atoms with Crippen molar-refractivity contribution in [2.45, 2.75) is 303 Å². The quantitative estimate of drug-likeness (QED) is 0.0199. The van der Waals surface area contributed by atoms with Crippen LogP contribution in [0.4, 0.5) is 0 Å². The minimum atomic E-state index is -0.784. The topological polar surface area (TPSA) is 78.9 Å². The van der Waals surface area contributed by atoms with Crippen LogP contribution in [0.1, 0.15) is 297 Å². The summed E-state index contributed by atoms with van der Waals surface area (Å²) < 4.78 is 16.8. The standard InChI is InChI=1S/C58H106O6/c1-4-7-10-13-16-19-22-25-28-30-33-36-39-42-45-48-51-57(60)63-54-55(53-62-56(59)50-47-44-41-38-35-32-27-24-21-18-15-12-9-6-3)64-58(61)52-49-46-43-40-37-34-31-29-26-23-20-17-14-11-8-5-2/h28-31,33,36,55H,4-27,32,34-35,37-54H2,1-3H3/b30-28-,31-29-,36-33-. The molecule has 64 heavy (non-hydrogen) atoms. The highest BCUT2D eigenvalue weighted by Gasteiger charge is 2.19. The van der Waals surface area contributed by atoms with Crippen LogP contribution < -0.4 is 0 Å². The van der Waals surface area contributed by atoms with Crippen LogP contribution in [0.3, 0.4) is 0 Å². The SMILES string of the molecule is CCCCCCCCC/C=C\C=C/CCCCCC(=O)OCC(COC(=O)CCCCCCCCCCCCCCCC)OC(=O)CCCCCCC/C=C\CCCCCCCCC. The second-order valence-electron chi connectivity index (χ2n) is 18.9. The van der Waals surface area contributed by atoms with Gasteiger partial charge in [-0.3, -0.25) is 14.4 Å². The van der Waals surface area contributed by atoms with E-state index in [4.69, 9.17) is 14.2 Å². The molecule has 374 valence electrons. The molecule has 0 amide bonds. The van der Waals surface area contributed by atoms with Gasteiger partial charge in [-0.15, -0.1) is 0 Å². The van der Waals surface area contributed by atoms with E-state index in [-0.39, 0.29) is 31.1 Å². The molecule has 0 aliphatic rings. The second kappa shape index (κ2) is 53.2. The van der Waals surface area contributed by atoms with E-state index in [0.29, 0.717) is 19.3 Å². The van der Waals surface area contributed by atoms with E-state index in [0.717, 1.165) is 83.5 Å². The van der Waals surface area contributed by atoms with Crippen molar-refractivity contribution < 1.29 is 28.6 Å². The number of ether oxygens (including phenoxy) is 3. The zero-order valence-corrected chi connectivity index (χ0v) is 42.8. The van der Waals surface area contributed by atoms with Crippen molar-refractivity contribution in [1.29, 1.82) is 0 Å². The lowest BCUT2D eigenvalue weighted by atomic mass is 10.0. The molecule has 0 aromatic heterocycles. The molecule has 1 unspecified atom stereocenters. The first-order chi connectivity index (χ1) is 31.5. The molecule has 0 aliphatic carbocycles. The van der Waals surface area contributed by atoms with E-state index >= 15 is 0 Å². The molecule has 1 atom stereocenters. The lowest BCUT2D eigenvalue weighted by molar-refractivity contribution is -0.167. The van der Waals surface area contributed by atoms with E-state index in [2.05, 4.69) is 57.2 Å². The number of carbonyl (C=O) groups excluding carboxylic acids is 3. The first-order valence-electron chi connectivity index (χ1n) is 28.0. The fourth-order valence-corrected chi connectivity index (χ4v) is 8.14. The predicted molar refractivity (Wildman–Crippen MR) is 275 cm³/mol. The zero-order chi connectivity index (χ0) is 46.5. The van der Waals surface area contributed by atoms with Crippen molar-refractivity contribution >= 4 is 17.9 Å². The van der Waals surface area contributed by atoms with Gasteiger partial charge in [-0.2, -0.15) is 0 Å². The van der Waals surface area contributed by atoms with Crippen molar-refractivity contribution in [3.63, 3.8) is 0 Å². The molecule has 0 heterocycles. The van der Waals surface area contributed by atoms with Gasteiger partial charge in [-0.05, 0) is 70.6 Å². The Hall–Kier alpha value is -2.37. The van der Waals surface area contributed by atoms with Gasteiger partial charge in [0.1, 0.15) is 13.2 Å². The fraction of sp³-hybridized carbons (Fsp3) is 0.845. The maximum absolute atomic E-state index is 12.8. The van der Waals surface area contributed by atoms with Crippen LogP contribution in [0.25, 0.3) is 0 Å². The minimum Gasteiger partial charge on any atom is -0.462 e. The summed E-state index contributed by atoms with van der Waals surface area (Å²) in [7, 11) is 0. The highest BCUT2D eigenvalue weighted by Crippen LogP contribution is 2.16. The summed E-state index contributed by atoms with van der Waals surface area (Å²) in [6.45, 7) is 6.63. The summed E-state index contributed by atoms with van der Waals surface area (Å²) in [5.41, 5.74) is 0. The molecule has 0 saturated heterocycles. The van der Waals surface area contributed by atoms with Gasteiger partial charge >= 0.3 is 17.9 Å². The average molecular weight is 899 g/mol. The van der Waals surface area contributed by atoms with E-state index in [1.54, 1.807) is 0 Å². The van der Waals surface area contributed by atoms with Gasteiger partial charge in [0.05, 0.1) is 0 Å². The van der Waals surface area contributed by atoms with Gasteiger partial charge in [-0.1, -0.05) is 243 Å². The molecule has 0 spiro atoms. The van der Waals surface area contributed by atoms with Crippen molar-refractivity contribution in [1.82, 2.24) is 0 Å². The maximum Gasteiger partial charge on any atom is 0.306 e. The first-order valence-corrected chi connectivity index (χ1v) is 28.0. The lowest BCUT2D eigenvalue weighted by Gasteiger charge is -2.18. The van der Waals surface area contributed by atoms with Crippen molar-refractivity contribution in [2.75, 3.05) is 13.2 Å². The van der Waals surface area contributed by atoms with Gasteiger partial charge in [0, 0.05) is 19.3 Å². The van der Waals surface area contributed by atoms with Crippen LogP contribution in [0, 0.1) is 0 Å². The third-order valence-electron chi connectivity index (χ3n) is 12.4. The minimum absolute atomic E-state index is 0.0806. The third-order valence-corrected chi connectivity index (χ3v) is 12.4. The van der Waals surface area contributed by atoms with Gasteiger partial charge in [0.25, 0.3) is 0 Å². The van der Waals surface area contributed by atoms with Gasteiger partial charge in [-0.25, -0.2) is 0 Å². The number of hydrogen-bond donors (Lipinski definition) is 0. The summed E-state index contributed by atoms with van der Waals surface area (Å²) in [5, 5.41) is 0. The van der Waals surface area contributed by atoms with Gasteiger partial charge in [0.2, 0.25) is 0 Å². The Morgan fingerprint density at radius 3 is 0.891 bits per heavy atom. The molecule has 6 nitrogen and oxygen atoms in total. The molecule has 0 aromatic rings. The van der Waals surface area contributed by atoms with E-state index in [9.17, 15) is 14.4 Å². The highest BCUT2D eigenvalue weighted by molar-refractivity contribution is 5.71. The van der Waals surface area contributed by atoms with Crippen LogP contribution in [-0.2, 0) is 28.6 Å². The number of carbonyl (C=O) groups is 3. The average Bonchev–Trinajstić information content (AvgIpc) is 3.29. The zero-order valence-electron chi connectivity index (χ0n) is 42.8.